The maximum atomic E-state index is 5.26. The molecule has 0 N–H and O–H groups in total. The van der Waals surface area contributed by atoms with Crippen molar-refractivity contribution in [2.24, 2.45) is 0 Å². The average Bonchev–Trinajstić information content (AvgIpc) is 2.71. The lowest BCUT2D eigenvalue weighted by atomic mass is 10.3. The molecule has 0 saturated heterocycles. The van der Waals surface area contributed by atoms with Gasteiger partial charge in [-0.05, 0) is 18.2 Å². The van der Waals surface area contributed by atoms with Gasteiger partial charge >= 0.3 is 0 Å². The third kappa shape index (κ3) is 0.580. The Hall–Kier alpha value is -1.77. The molecule has 3 aromatic heterocycles. The van der Waals surface area contributed by atoms with E-state index < -0.39 is 0 Å². The number of aromatic nitrogens is 2. The van der Waals surface area contributed by atoms with E-state index in [1.54, 1.807) is 0 Å². The quantitative estimate of drug-likeness (QED) is 0.501. The largest absolute Gasteiger partial charge is 0.441 e. The maximum absolute atomic E-state index is 5.26. The van der Waals surface area contributed by atoms with Crippen LogP contribution in [0.25, 0.3) is 16.6 Å². The monoisotopic (exact) mass is 158 g/mol. The van der Waals surface area contributed by atoms with Gasteiger partial charge in [-0.2, -0.15) is 0 Å². The van der Waals surface area contributed by atoms with Gasteiger partial charge in [0, 0.05) is 12.4 Å². The molecule has 0 aliphatic heterocycles. The predicted molar refractivity (Wildman–Crippen MR) is 45.0 cm³/mol. The number of oxazole rings is 1. The molecule has 0 saturated carbocycles. The topological polar surface area (TPSA) is 30.4 Å². The molecule has 0 aliphatic rings. The van der Waals surface area contributed by atoms with Gasteiger partial charge < -0.3 is 8.82 Å². The van der Waals surface area contributed by atoms with Crippen LogP contribution < -0.4 is 0 Å². The summed E-state index contributed by atoms with van der Waals surface area (Å²) in [4.78, 5) is 4.07. The molecule has 0 atom stereocenters. The van der Waals surface area contributed by atoms with Crippen molar-refractivity contribution in [1.82, 2.24) is 9.38 Å². The van der Waals surface area contributed by atoms with Gasteiger partial charge in [-0.15, -0.1) is 0 Å². The molecule has 0 aliphatic carbocycles. The van der Waals surface area contributed by atoms with Crippen LogP contribution in [0.1, 0.15) is 0 Å². The van der Waals surface area contributed by atoms with E-state index in [0.717, 1.165) is 16.6 Å². The molecule has 3 heterocycles. The van der Waals surface area contributed by atoms with Gasteiger partial charge in [-0.1, -0.05) is 0 Å². The summed E-state index contributed by atoms with van der Waals surface area (Å²) in [5, 5.41) is 0. The van der Waals surface area contributed by atoms with E-state index in [1.807, 2.05) is 35.0 Å². The molecule has 58 valence electrons. The lowest BCUT2D eigenvalue weighted by Crippen LogP contribution is -1.79. The molecular formula is C9H6N2O. The average molecular weight is 158 g/mol. The minimum atomic E-state index is 0.850. The molecule has 3 rings (SSSR count). The Balaban J connectivity index is 2.71. The highest BCUT2D eigenvalue weighted by Gasteiger charge is 2.02. The third-order valence-corrected chi connectivity index (χ3v) is 2.00. The van der Waals surface area contributed by atoms with Crippen molar-refractivity contribution < 1.29 is 4.42 Å². The van der Waals surface area contributed by atoms with Gasteiger partial charge in [0.15, 0.2) is 12.0 Å². The van der Waals surface area contributed by atoms with Crippen molar-refractivity contribution in [3.8, 4) is 0 Å². The molecule has 0 spiro atoms. The molecule has 0 unspecified atom stereocenters. The lowest BCUT2D eigenvalue weighted by molar-refractivity contribution is 0.604. The van der Waals surface area contributed by atoms with E-state index in [4.69, 9.17) is 4.42 Å². The Kier molecular flexibility index (Phi) is 0.913. The summed E-state index contributed by atoms with van der Waals surface area (Å²) in [5.74, 6) is 0. The van der Waals surface area contributed by atoms with Crippen LogP contribution in [0, 0.1) is 0 Å². The SMILES string of the molecule is c1cc2c3ocnc3ccn2c1. The zero-order valence-electron chi connectivity index (χ0n) is 6.27. The molecule has 0 radical (unpaired) electrons. The fourth-order valence-electron chi connectivity index (χ4n) is 1.43. The first-order valence-electron chi connectivity index (χ1n) is 3.74. The number of nitrogens with zero attached hydrogens (tertiary/aromatic N) is 2. The van der Waals surface area contributed by atoms with Crippen molar-refractivity contribution in [3.05, 3.63) is 37.0 Å². The Bertz CT molecular complexity index is 486. The van der Waals surface area contributed by atoms with E-state index in [-0.39, 0.29) is 0 Å². The van der Waals surface area contributed by atoms with Crippen molar-refractivity contribution in [1.29, 1.82) is 0 Å². The second-order valence-electron chi connectivity index (χ2n) is 2.68. The predicted octanol–water partition coefficient (Wildman–Crippen LogP) is 2.08. The van der Waals surface area contributed by atoms with Crippen LogP contribution in [-0.4, -0.2) is 9.38 Å². The molecular weight excluding hydrogens is 152 g/mol. The highest BCUT2D eigenvalue weighted by Crippen LogP contribution is 2.18. The standard InChI is InChI=1S/C9H6N2O/c1-2-8-9-7(10-6-12-9)3-5-11(8)4-1/h1-6H. The van der Waals surface area contributed by atoms with Gasteiger partial charge in [0.1, 0.15) is 5.52 Å². The summed E-state index contributed by atoms with van der Waals surface area (Å²) in [6, 6.07) is 5.93. The van der Waals surface area contributed by atoms with Gasteiger partial charge in [0.2, 0.25) is 0 Å². The Labute approximate surface area is 68.2 Å². The summed E-state index contributed by atoms with van der Waals surface area (Å²) in [7, 11) is 0. The first kappa shape index (κ1) is 5.83. The van der Waals surface area contributed by atoms with E-state index in [0.29, 0.717) is 0 Å². The van der Waals surface area contributed by atoms with Crippen LogP contribution >= 0.6 is 0 Å². The molecule has 3 heteroatoms. The Morgan fingerprint density at radius 2 is 2.25 bits per heavy atom. The smallest absolute Gasteiger partial charge is 0.182 e. The Morgan fingerprint density at radius 3 is 3.25 bits per heavy atom. The number of rotatable bonds is 0. The van der Waals surface area contributed by atoms with Gasteiger partial charge in [0.25, 0.3) is 0 Å². The second kappa shape index (κ2) is 1.88. The minimum absolute atomic E-state index is 0.850. The van der Waals surface area contributed by atoms with Crippen LogP contribution in [0.3, 0.4) is 0 Å². The van der Waals surface area contributed by atoms with Crippen LogP contribution in [0.15, 0.2) is 41.4 Å². The van der Waals surface area contributed by atoms with E-state index in [2.05, 4.69) is 4.98 Å². The van der Waals surface area contributed by atoms with Gasteiger partial charge in [0.05, 0.1) is 5.52 Å². The fraction of sp³-hybridized carbons (Fsp3) is 0. The molecule has 12 heavy (non-hydrogen) atoms. The van der Waals surface area contributed by atoms with Gasteiger partial charge in [-0.3, -0.25) is 0 Å². The van der Waals surface area contributed by atoms with Crippen molar-refractivity contribution in [3.63, 3.8) is 0 Å². The molecule has 0 bridgehead atoms. The molecule has 3 nitrogen and oxygen atoms in total. The zero-order valence-corrected chi connectivity index (χ0v) is 6.27. The number of fused-ring (bicyclic) bond motifs is 3. The molecule has 3 aromatic rings. The van der Waals surface area contributed by atoms with Crippen LogP contribution in [0.2, 0.25) is 0 Å². The summed E-state index contributed by atoms with van der Waals surface area (Å²) in [6.07, 6.45) is 5.43. The van der Waals surface area contributed by atoms with Crippen molar-refractivity contribution in [2.45, 2.75) is 0 Å². The summed E-state index contributed by atoms with van der Waals surface area (Å²) in [6.45, 7) is 0. The van der Waals surface area contributed by atoms with Crippen molar-refractivity contribution >= 4 is 16.6 Å². The third-order valence-electron chi connectivity index (χ3n) is 2.00. The van der Waals surface area contributed by atoms with E-state index in [9.17, 15) is 0 Å². The van der Waals surface area contributed by atoms with Crippen molar-refractivity contribution in [2.75, 3.05) is 0 Å². The zero-order chi connectivity index (χ0) is 7.97. The number of hydrogen-bond donors (Lipinski definition) is 0. The fourth-order valence-corrected chi connectivity index (χ4v) is 1.43. The number of pyridine rings is 1. The minimum Gasteiger partial charge on any atom is -0.441 e. The highest BCUT2D eigenvalue weighted by molar-refractivity contribution is 5.87. The highest BCUT2D eigenvalue weighted by atomic mass is 16.3. The van der Waals surface area contributed by atoms with Crippen LogP contribution in [0.5, 0.6) is 0 Å². The van der Waals surface area contributed by atoms with E-state index >= 15 is 0 Å². The number of hydrogen-bond acceptors (Lipinski definition) is 2. The lowest BCUT2D eigenvalue weighted by Gasteiger charge is -1.92. The van der Waals surface area contributed by atoms with Crippen LogP contribution in [0.4, 0.5) is 0 Å². The summed E-state index contributed by atoms with van der Waals surface area (Å²) >= 11 is 0. The Morgan fingerprint density at radius 1 is 1.25 bits per heavy atom. The molecule has 0 aromatic carbocycles. The maximum Gasteiger partial charge on any atom is 0.182 e. The molecule has 0 fully saturated rings. The first-order valence-corrected chi connectivity index (χ1v) is 3.74. The van der Waals surface area contributed by atoms with Gasteiger partial charge in [-0.25, -0.2) is 4.98 Å². The summed E-state index contributed by atoms with van der Waals surface area (Å²) < 4.78 is 7.26. The summed E-state index contributed by atoms with van der Waals surface area (Å²) in [5.41, 5.74) is 2.81. The van der Waals surface area contributed by atoms with Crippen LogP contribution in [-0.2, 0) is 0 Å². The van der Waals surface area contributed by atoms with E-state index in [1.165, 1.54) is 6.39 Å². The molecule has 0 amide bonds. The second-order valence-corrected chi connectivity index (χ2v) is 2.68. The normalized spacial score (nSPS) is 11.3. The first-order chi connectivity index (χ1) is 5.95.